The van der Waals surface area contributed by atoms with Crippen LogP contribution in [-0.4, -0.2) is 24.2 Å². The van der Waals surface area contributed by atoms with Gasteiger partial charge in [0.1, 0.15) is 17.0 Å². The molecule has 2 heterocycles. The van der Waals surface area contributed by atoms with E-state index >= 15 is 0 Å². The van der Waals surface area contributed by atoms with Gasteiger partial charge in [0.15, 0.2) is 5.82 Å². The van der Waals surface area contributed by atoms with Crippen LogP contribution in [0.15, 0.2) is 48.7 Å². The zero-order chi connectivity index (χ0) is 19.7. The molecular formula is C23H23N3O2. The van der Waals surface area contributed by atoms with Gasteiger partial charge in [-0.15, -0.1) is 0 Å². The van der Waals surface area contributed by atoms with E-state index in [0.29, 0.717) is 5.82 Å². The molecule has 142 valence electrons. The Balaban J connectivity index is 1.78. The fourth-order valence-corrected chi connectivity index (χ4v) is 3.62. The Bertz CT molecular complexity index is 1150. The molecule has 0 saturated carbocycles. The fraction of sp³-hybridized carbons (Fsp3) is 0.217. The highest BCUT2D eigenvalue weighted by Crippen LogP contribution is 2.31. The molecule has 0 aliphatic rings. The summed E-state index contributed by atoms with van der Waals surface area (Å²) in [6.07, 6.45) is 3.51. The van der Waals surface area contributed by atoms with Gasteiger partial charge >= 0.3 is 0 Å². The van der Waals surface area contributed by atoms with Crippen molar-refractivity contribution in [2.45, 2.75) is 19.8 Å². The molecule has 0 atom stereocenters. The first kappa shape index (κ1) is 18.0. The number of methoxy groups -OCH3 is 2. The Morgan fingerprint density at radius 2 is 1.68 bits per heavy atom. The SMILES string of the molecule is COc1cc(CCc2ccnc3c(N)nc4cc(C)ccc4c23)cc(OC)c1. The highest BCUT2D eigenvalue weighted by molar-refractivity contribution is 6.09. The first-order valence-corrected chi connectivity index (χ1v) is 9.24. The average molecular weight is 373 g/mol. The second-order valence-electron chi connectivity index (χ2n) is 6.93. The fourth-order valence-electron chi connectivity index (χ4n) is 3.62. The zero-order valence-electron chi connectivity index (χ0n) is 16.3. The number of rotatable bonds is 5. The van der Waals surface area contributed by atoms with Gasteiger partial charge in [-0.1, -0.05) is 12.1 Å². The maximum Gasteiger partial charge on any atom is 0.150 e. The van der Waals surface area contributed by atoms with Crippen molar-refractivity contribution in [3.05, 3.63) is 65.4 Å². The summed E-state index contributed by atoms with van der Waals surface area (Å²) in [5.41, 5.74) is 11.4. The first-order valence-electron chi connectivity index (χ1n) is 9.24. The number of hydrogen-bond acceptors (Lipinski definition) is 5. The van der Waals surface area contributed by atoms with Crippen molar-refractivity contribution >= 4 is 27.6 Å². The van der Waals surface area contributed by atoms with Crippen molar-refractivity contribution in [3.8, 4) is 11.5 Å². The molecule has 2 aromatic carbocycles. The van der Waals surface area contributed by atoms with Crippen molar-refractivity contribution < 1.29 is 9.47 Å². The van der Waals surface area contributed by atoms with Crippen LogP contribution in [0.1, 0.15) is 16.7 Å². The van der Waals surface area contributed by atoms with Crippen LogP contribution in [0.3, 0.4) is 0 Å². The number of hydrogen-bond donors (Lipinski definition) is 1. The number of nitrogens with zero attached hydrogens (tertiary/aromatic N) is 2. The highest BCUT2D eigenvalue weighted by Gasteiger charge is 2.12. The minimum absolute atomic E-state index is 0.470. The summed E-state index contributed by atoms with van der Waals surface area (Å²) in [4.78, 5) is 9.05. The Morgan fingerprint density at radius 3 is 2.39 bits per heavy atom. The lowest BCUT2D eigenvalue weighted by molar-refractivity contribution is 0.393. The highest BCUT2D eigenvalue weighted by atomic mass is 16.5. The number of anilines is 1. The maximum atomic E-state index is 6.22. The Kier molecular flexibility index (Phi) is 4.74. The zero-order valence-corrected chi connectivity index (χ0v) is 16.3. The lowest BCUT2D eigenvalue weighted by Gasteiger charge is -2.12. The summed E-state index contributed by atoms with van der Waals surface area (Å²) >= 11 is 0. The number of aryl methyl sites for hydroxylation is 3. The number of pyridine rings is 2. The molecular weight excluding hydrogens is 350 g/mol. The number of fused-ring (bicyclic) bond motifs is 3. The molecule has 2 N–H and O–H groups in total. The van der Waals surface area contributed by atoms with Crippen LogP contribution in [-0.2, 0) is 12.8 Å². The largest absolute Gasteiger partial charge is 0.497 e. The van der Waals surface area contributed by atoms with Gasteiger partial charge in [-0.3, -0.25) is 4.98 Å². The standard InChI is InChI=1S/C23H23N3O2/c1-14-4-7-19-20(10-14)26-23(24)22-21(19)16(8-9-25-22)6-5-15-11-17(27-2)13-18(12-15)28-3/h4,7-13H,5-6H2,1-3H3,(H2,24,26). The predicted molar refractivity (Wildman–Crippen MR) is 113 cm³/mol. The summed E-state index contributed by atoms with van der Waals surface area (Å²) in [5.74, 6) is 2.06. The van der Waals surface area contributed by atoms with E-state index in [1.165, 1.54) is 5.56 Å². The molecule has 28 heavy (non-hydrogen) atoms. The quantitative estimate of drug-likeness (QED) is 0.523. The van der Waals surface area contributed by atoms with Gasteiger partial charge in [0.2, 0.25) is 0 Å². The van der Waals surface area contributed by atoms with E-state index in [2.05, 4.69) is 41.2 Å². The van der Waals surface area contributed by atoms with Gasteiger partial charge in [-0.2, -0.15) is 0 Å². The van der Waals surface area contributed by atoms with Gasteiger partial charge in [-0.05, 0) is 60.7 Å². The van der Waals surface area contributed by atoms with Gasteiger partial charge in [0, 0.05) is 23.0 Å². The van der Waals surface area contributed by atoms with E-state index in [0.717, 1.165) is 57.3 Å². The molecule has 0 spiro atoms. The third-order valence-corrected chi connectivity index (χ3v) is 5.04. The van der Waals surface area contributed by atoms with Crippen molar-refractivity contribution in [1.82, 2.24) is 9.97 Å². The average Bonchev–Trinajstić information content (AvgIpc) is 2.71. The molecule has 5 nitrogen and oxygen atoms in total. The van der Waals surface area contributed by atoms with Crippen LogP contribution >= 0.6 is 0 Å². The summed E-state index contributed by atoms with van der Waals surface area (Å²) in [6.45, 7) is 2.06. The molecule has 0 radical (unpaired) electrons. The topological polar surface area (TPSA) is 70.3 Å². The van der Waals surface area contributed by atoms with Crippen LogP contribution in [0.5, 0.6) is 11.5 Å². The van der Waals surface area contributed by atoms with Crippen molar-refractivity contribution in [1.29, 1.82) is 0 Å². The number of nitrogens with two attached hydrogens (primary N) is 1. The Labute approximate surface area is 164 Å². The van der Waals surface area contributed by atoms with Crippen molar-refractivity contribution in [2.75, 3.05) is 20.0 Å². The molecule has 0 unspecified atom stereocenters. The number of benzene rings is 2. The third-order valence-electron chi connectivity index (χ3n) is 5.04. The van der Waals surface area contributed by atoms with E-state index in [1.807, 2.05) is 24.4 Å². The molecule has 0 amide bonds. The van der Waals surface area contributed by atoms with Crippen LogP contribution in [0.4, 0.5) is 5.82 Å². The first-order chi connectivity index (χ1) is 13.6. The molecule has 0 fully saturated rings. The van der Waals surface area contributed by atoms with Gasteiger partial charge in [-0.25, -0.2) is 4.98 Å². The van der Waals surface area contributed by atoms with E-state index in [1.54, 1.807) is 14.2 Å². The van der Waals surface area contributed by atoms with Crippen molar-refractivity contribution in [2.24, 2.45) is 0 Å². The number of aromatic nitrogens is 2. The predicted octanol–water partition coefficient (Wildman–Crippen LogP) is 4.48. The third kappa shape index (κ3) is 3.31. The van der Waals surface area contributed by atoms with Gasteiger partial charge in [0.05, 0.1) is 19.7 Å². The molecule has 2 aromatic heterocycles. The smallest absolute Gasteiger partial charge is 0.150 e. The van der Waals surface area contributed by atoms with Crippen LogP contribution in [0, 0.1) is 6.92 Å². The minimum atomic E-state index is 0.470. The second kappa shape index (κ2) is 7.35. The summed E-state index contributed by atoms with van der Waals surface area (Å²) in [7, 11) is 3.33. The second-order valence-corrected chi connectivity index (χ2v) is 6.93. The normalized spacial score (nSPS) is 11.1. The van der Waals surface area contributed by atoms with E-state index < -0.39 is 0 Å². The molecule has 5 heteroatoms. The van der Waals surface area contributed by atoms with Crippen LogP contribution < -0.4 is 15.2 Å². The molecule has 4 aromatic rings. The Hall–Kier alpha value is -3.34. The van der Waals surface area contributed by atoms with E-state index in [-0.39, 0.29) is 0 Å². The monoisotopic (exact) mass is 373 g/mol. The molecule has 0 bridgehead atoms. The van der Waals surface area contributed by atoms with Crippen LogP contribution in [0.2, 0.25) is 0 Å². The molecule has 0 aliphatic carbocycles. The minimum Gasteiger partial charge on any atom is -0.497 e. The molecule has 0 saturated heterocycles. The van der Waals surface area contributed by atoms with Gasteiger partial charge < -0.3 is 15.2 Å². The number of ether oxygens (including phenoxy) is 2. The summed E-state index contributed by atoms with van der Waals surface area (Å²) in [5, 5.41) is 2.17. The lowest BCUT2D eigenvalue weighted by atomic mass is 9.98. The Morgan fingerprint density at radius 1 is 0.929 bits per heavy atom. The van der Waals surface area contributed by atoms with Gasteiger partial charge in [0.25, 0.3) is 0 Å². The lowest BCUT2D eigenvalue weighted by Crippen LogP contribution is -2.00. The molecule has 4 rings (SSSR count). The maximum absolute atomic E-state index is 6.22. The molecule has 0 aliphatic heterocycles. The van der Waals surface area contributed by atoms with E-state index in [4.69, 9.17) is 15.2 Å². The number of nitrogen functional groups attached to an aromatic ring is 1. The summed E-state index contributed by atoms with van der Waals surface area (Å²) in [6, 6.07) is 14.3. The van der Waals surface area contributed by atoms with E-state index in [9.17, 15) is 0 Å². The summed E-state index contributed by atoms with van der Waals surface area (Å²) < 4.78 is 10.8. The van der Waals surface area contributed by atoms with Crippen molar-refractivity contribution in [3.63, 3.8) is 0 Å². The van der Waals surface area contributed by atoms with Crippen LogP contribution in [0.25, 0.3) is 21.8 Å².